The number of thiazole rings is 1. The van der Waals surface area contributed by atoms with Gasteiger partial charge in [-0.3, -0.25) is 9.69 Å². The molecule has 0 spiro atoms. The Labute approximate surface area is 174 Å². The van der Waals surface area contributed by atoms with E-state index in [0.29, 0.717) is 5.69 Å². The smallest absolute Gasteiger partial charge is 0.411 e. The quantitative estimate of drug-likeness (QED) is 0.827. The highest BCUT2D eigenvalue weighted by Crippen LogP contribution is 2.30. The van der Waals surface area contributed by atoms with Gasteiger partial charge in [-0.05, 0) is 45.4 Å². The first-order valence-electron chi connectivity index (χ1n) is 9.52. The summed E-state index contributed by atoms with van der Waals surface area (Å²) in [5.74, 6) is -0.255. The van der Waals surface area contributed by atoms with E-state index in [9.17, 15) is 14.7 Å². The minimum absolute atomic E-state index is 0.0861. The number of aliphatic hydroxyl groups is 1. The first-order valence-corrected chi connectivity index (χ1v) is 10.4. The standard InChI is InChI=1S/C21H27N3O4S/c1-13-18(29-12-22-13)14-6-8-15(9-7-14)23(5)19(26)17-10-16(25)11-24(17)20(27)28-21(2,3)4/h6-9,12,16-17,25H,10-11H2,1-5H3/t16-,17+/m1/s1. The van der Waals surface area contributed by atoms with E-state index in [1.165, 1.54) is 9.80 Å². The number of hydrogen-bond acceptors (Lipinski definition) is 6. The maximum atomic E-state index is 13.1. The molecule has 8 heteroatoms. The molecule has 2 amide bonds. The maximum absolute atomic E-state index is 13.1. The Morgan fingerprint density at radius 1 is 1.28 bits per heavy atom. The summed E-state index contributed by atoms with van der Waals surface area (Å²) in [5.41, 5.74) is 3.87. The summed E-state index contributed by atoms with van der Waals surface area (Å²) in [6, 6.07) is 6.89. The number of carbonyl (C=O) groups excluding carboxylic acids is 2. The highest BCUT2D eigenvalue weighted by atomic mass is 32.1. The molecule has 0 bridgehead atoms. The molecule has 1 aromatic heterocycles. The van der Waals surface area contributed by atoms with Gasteiger partial charge in [0, 0.05) is 19.2 Å². The average Bonchev–Trinajstić information content (AvgIpc) is 3.25. The average molecular weight is 418 g/mol. The van der Waals surface area contributed by atoms with E-state index in [4.69, 9.17) is 4.74 Å². The van der Waals surface area contributed by atoms with Gasteiger partial charge in [0.2, 0.25) is 5.91 Å². The molecule has 1 aliphatic heterocycles. The summed E-state index contributed by atoms with van der Waals surface area (Å²) >= 11 is 1.57. The van der Waals surface area contributed by atoms with Crippen molar-refractivity contribution in [3.63, 3.8) is 0 Å². The molecule has 29 heavy (non-hydrogen) atoms. The summed E-state index contributed by atoms with van der Waals surface area (Å²) < 4.78 is 5.40. The van der Waals surface area contributed by atoms with E-state index in [-0.39, 0.29) is 18.9 Å². The third-order valence-electron chi connectivity index (χ3n) is 4.78. The number of likely N-dealkylation sites (tertiary alicyclic amines) is 1. The van der Waals surface area contributed by atoms with Crippen molar-refractivity contribution in [1.29, 1.82) is 0 Å². The molecular weight excluding hydrogens is 390 g/mol. The summed E-state index contributed by atoms with van der Waals surface area (Å²) in [5, 5.41) is 10.1. The van der Waals surface area contributed by atoms with Crippen LogP contribution in [0.5, 0.6) is 0 Å². The van der Waals surface area contributed by atoms with E-state index in [2.05, 4.69) is 4.98 Å². The normalized spacial score (nSPS) is 19.3. The number of likely N-dealkylation sites (N-methyl/N-ethyl adjacent to an activating group) is 1. The highest BCUT2D eigenvalue weighted by Gasteiger charge is 2.42. The molecule has 2 aromatic rings. The third-order valence-corrected chi connectivity index (χ3v) is 5.76. The van der Waals surface area contributed by atoms with Crippen LogP contribution in [0.2, 0.25) is 0 Å². The predicted molar refractivity (Wildman–Crippen MR) is 113 cm³/mol. The Balaban J connectivity index is 1.76. The monoisotopic (exact) mass is 417 g/mol. The zero-order valence-corrected chi connectivity index (χ0v) is 18.2. The number of aliphatic hydroxyl groups excluding tert-OH is 1. The van der Waals surface area contributed by atoms with Crippen molar-refractivity contribution >= 4 is 29.0 Å². The van der Waals surface area contributed by atoms with E-state index in [0.717, 1.165) is 16.1 Å². The molecule has 3 rings (SSSR count). The lowest BCUT2D eigenvalue weighted by Crippen LogP contribution is -2.48. The molecule has 7 nitrogen and oxygen atoms in total. The van der Waals surface area contributed by atoms with Crippen LogP contribution in [-0.2, 0) is 9.53 Å². The summed E-state index contributed by atoms with van der Waals surface area (Å²) in [4.78, 5) is 33.8. The zero-order valence-electron chi connectivity index (χ0n) is 17.4. The van der Waals surface area contributed by atoms with Crippen molar-refractivity contribution in [3.05, 3.63) is 35.5 Å². The van der Waals surface area contributed by atoms with Gasteiger partial charge in [0.05, 0.1) is 28.7 Å². The Morgan fingerprint density at radius 2 is 1.93 bits per heavy atom. The molecule has 0 radical (unpaired) electrons. The topological polar surface area (TPSA) is 83.0 Å². The van der Waals surface area contributed by atoms with Crippen LogP contribution in [0.1, 0.15) is 32.9 Å². The van der Waals surface area contributed by atoms with Crippen LogP contribution in [0.15, 0.2) is 29.8 Å². The number of benzene rings is 1. The van der Waals surface area contributed by atoms with Gasteiger partial charge < -0.3 is 14.7 Å². The van der Waals surface area contributed by atoms with Gasteiger partial charge in [-0.15, -0.1) is 11.3 Å². The maximum Gasteiger partial charge on any atom is 0.411 e. The minimum Gasteiger partial charge on any atom is -0.444 e. The molecule has 2 atom stereocenters. The van der Waals surface area contributed by atoms with Crippen molar-refractivity contribution in [2.24, 2.45) is 0 Å². The van der Waals surface area contributed by atoms with E-state index in [1.807, 2.05) is 36.7 Å². The van der Waals surface area contributed by atoms with Gasteiger partial charge in [0.15, 0.2) is 0 Å². The van der Waals surface area contributed by atoms with Crippen LogP contribution in [0.3, 0.4) is 0 Å². The number of amides is 2. The lowest BCUT2D eigenvalue weighted by Gasteiger charge is -2.30. The molecule has 156 valence electrons. The number of ether oxygens (including phenoxy) is 1. The van der Waals surface area contributed by atoms with Crippen molar-refractivity contribution in [3.8, 4) is 10.4 Å². The van der Waals surface area contributed by atoms with Crippen LogP contribution < -0.4 is 4.90 Å². The molecule has 0 saturated carbocycles. The lowest BCUT2D eigenvalue weighted by molar-refractivity contribution is -0.122. The van der Waals surface area contributed by atoms with Gasteiger partial charge >= 0.3 is 6.09 Å². The molecule has 1 aromatic carbocycles. The Kier molecular flexibility index (Phi) is 5.95. The molecule has 0 unspecified atom stereocenters. The van der Waals surface area contributed by atoms with Crippen molar-refractivity contribution in [2.75, 3.05) is 18.5 Å². The fourth-order valence-electron chi connectivity index (χ4n) is 3.34. The van der Waals surface area contributed by atoms with Gasteiger partial charge in [0.25, 0.3) is 0 Å². The highest BCUT2D eigenvalue weighted by molar-refractivity contribution is 7.13. The van der Waals surface area contributed by atoms with E-state index in [1.54, 1.807) is 39.2 Å². The van der Waals surface area contributed by atoms with Crippen molar-refractivity contribution < 1.29 is 19.4 Å². The third kappa shape index (κ3) is 4.76. The number of carbonyl (C=O) groups is 2. The van der Waals surface area contributed by atoms with Gasteiger partial charge in [-0.2, -0.15) is 0 Å². The molecule has 1 N–H and O–H groups in total. The SMILES string of the molecule is Cc1ncsc1-c1ccc(N(C)C(=O)[C@@H]2C[C@@H](O)CN2C(=O)OC(C)(C)C)cc1. The van der Waals surface area contributed by atoms with Gasteiger partial charge in [-0.25, -0.2) is 9.78 Å². The number of aromatic nitrogens is 1. The summed E-state index contributed by atoms with van der Waals surface area (Å²) in [7, 11) is 1.67. The number of hydrogen-bond donors (Lipinski definition) is 1. The first-order chi connectivity index (χ1) is 13.6. The zero-order chi connectivity index (χ0) is 21.3. The van der Waals surface area contributed by atoms with Crippen LogP contribution >= 0.6 is 11.3 Å². The van der Waals surface area contributed by atoms with Crippen LogP contribution in [0, 0.1) is 6.92 Å². The molecular formula is C21H27N3O4S. The number of nitrogens with zero attached hydrogens (tertiary/aromatic N) is 3. The molecule has 1 aliphatic rings. The largest absolute Gasteiger partial charge is 0.444 e. The molecule has 1 saturated heterocycles. The van der Waals surface area contributed by atoms with Crippen molar-refractivity contribution in [2.45, 2.75) is 51.9 Å². The first kappa shape index (κ1) is 21.3. The summed E-state index contributed by atoms with van der Waals surface area (Å²) in [6.07, 6.45) is -1.14. The Bertz CT molecular complexity index is 888. The second-order valence-corrected chi connectivity index (χ2v) is 9.10. The fourth-order valence-corrected chi connectivity index (χ4v) is 4.15. The lowest BCUT2D eigenvalue weighted by atomic mass is 10.1. The number of β-amino-alcohol motifs (C(OH)–C–C–N with tert-alkyl or cyclic N) is 1. The van der Waals surface area contributed by atoms with Gasteiger partial charge in [0.1, 0.15) is 11.6 Å². The second kappa shape index (κ2) is 8.12. The van der Waals surface area contributed by atoms with E-state index >= 15 is 0 Å². The fraction of sp³-hybridized carbons (Fsp3) is 0.476. The molecule has 0 aliphatic carbocycles. The van der Waals surface area contributed by atoms with E-state index < -0.39 is 23.8 Å². The Morgan fingerprint density at radius 3 is 2.48 bits per heavy atom. The second-order valence-electron chi connectivity index (χ2n) is 8.25. The van der Waals surface area contributed by atoms with Crippen LogP contribution in [0.25, 0.3) is 10.4 Å². The van der Waals surface area contributed by atoms with Gasteiger partial charge in [-0.1, -0.05) is 12.1 Å². The number of aryl methyl sites for hydroxylation is 1. The predicted octanol–water partition coefficient (Wildman–Crippen LogP) is 3.45. The number of rotatable bonds is 3. The van der Waals surface area contributed by atoms with Crippen LogP contribution in [-0.4, -0.2) is 58.3 Å². The molecule has 2 heterocycles. The Hall–Kier alpha value is -2.45. The van der Waals surface area contributed by atoms with Crippen molar-refractivity contribution in [1.82, 2.24) is 9.88 Å². The minimum atomic E-state index is -0.756. The van der Waals surface area contributed by atoms with Crippen LogP contribution in [0.4, 0.5) is 10.5 Å². The molecule has 1 fully saturated rings. The summed E-state index contributed by atoms with van der Waals surface area (Å²) in [6.45, 7) is 7.36. The number of anilines is 1.